The molecule has 0 aromatic rings. The second-order valence-corrected chi connectivity index (χ2v) is 3.05. The van der Waals surface area contributed by atoms with E-state index in [9.17, 15) is 14.2 Å². The molecule has 0 amide bonds. The molecule has 0 saturated heterocycles. The summed E-state index contributed by atoms with van der Waals surface area (Å²) in [6, 6.07) is 0. The third kappa shape index (κ3) is 8.04. The molecule has 0 aromatic heterocycles. The summed E-state index contributed by atoms with van der Waals surface area (Å²) < 4.78 is 36.3. The third-order valence-electron chi connectivity index (χ3n) is 1.04. The van der Waals surface area contributed by atoms with Crippen molar-refractivity contribution in [3.8, 4) is 0 Å². The van der Waals surface area contributed by atoms with Gasteiger partial charge in [0.05, 0.1) is 14.2 Å². The van der Waals surface area contributed by atoms with Crippen LogP contribution >= 0.6 is 8.25 Å². The van der Waals surface area contributed by atoms with E-state index in [1.54, 1.807) is 0 Å². The first-order chi connectivity index (χ1) is 7.60. The minimum Gasteiger partial charge on any atom is -0.438 e. The van der Waals surface area contributed by atoms with E-state index in [2.05, 4.69) is 28.0 Å². The lowest BCUT2D eigenvalue weighted by atomic mass is 11.3. The van der Waals surface area contributed by atoms with Crippen molar-refractivity contribution in [2.24, 2.45) is 0 Å². The molecule has 0 rings (SSSR count). The summed E-state index contributed by atoms with van der Waals surface area (Å²) in [5.74, 6) is 0. The van der Waals surface area contributed by atoms with Gasteiger partial charge in [-0.05, 0) is 0 Å². The highest BCUT2D eigenvalue weighted by Crippen LogP contribution is 2.23. The van der Waals surface area contributed by atoms with Crippen LogP contribution in [0.5, 0.6) is 0 Å². The SMILES string of the molecule is COC(=O)OCO[PH](=O)OCOC(=O)OC. The van der Waals surface area contributed by atoms with Crippen molar-refractivity contribution < 1.29 is 42.1 Å². The number of hydrogen-bond acceptors (Lipinski definition) is 9. The molecule has 0 radical (unpaired) electrons. The Bertz CT molecular complexity index is 228. The van der Waals surface area contributed by atoms with Crippen LogP contribution in [0, 0.1) is 0 Å². The van der Waals surface area contributed by atoms with Gasteiger partial charge in [-0.15, -0.1) is 0 Å². The zero-order valence-electron chi connectivity index (χ0n) is 8.59. The Morgan fingerprint density at radius 1 is 0.938 bits per heavy atom. The first-order valence-corrected chi connectivity index (χ1v) is 5.03. The van der Waals surface area contributed by atoms with Crippen LogP contribution in [0.25, 0.3) is 0 Å². The predicted molar refractivity (Wildman–Crippen MR) is 47.9 cm³/mol. The van der Waals surface area contributed by atoms with Crippen molar-refractivity contribution in [3.05, 3.63) is 0 Å². The fraction of sp³-hybridized carbons (Fsp3) is 0.667. The second kappa shape index (κ2) is 8.96. The summed E-state index contributed by atoms with van der Waals surface area (Å²) in [5.41, 5.74) is 0. The standard InChI is InChI=1S/C6H11O9P/c1-10-5(7)12-3-14-16(9)15-4-13-6(8)11-2/h16H,3-4H2,1-2H3. The van der Waals surface area contributed by atoms with Crippen molar-refractivity contribution in [2.75, 3.05) is 27.8 Å². The van der Waals surface area contributed by atoms with Crippen molar-refractivity contribution in [2.45, 2.75) is 0 Å². The summed E-state index contributed by atoms with van der Waals surface area (Å²) in [5, 5.41) is 0. The minimum atomic E-state index is -2.91. The van der Waals surface area contributed by atoms with Crippen LogP contribution < -0.4 is 0 Å². The molecule has 9 nitrogen and oxygen atoms in total. The Labute approximate surface area is 91.4 Å². The van der Waals surface area contributed by atoms with E-state index in [4.69, 9.17) is 0 Å². The van der Waals surface area contributed by atoms with Gasteiger partial charge < -0.3 is 18.9 Å². The predicted octanol–water partition coefficient (Wildman–Crippen LogP) is 0.890. The molecule has 0 bridgehead atoms. The average Bonchev–Trinajstić information content (AvgIpc) is 2.28. The van der Waals surface area contributed by atoms with Crippen molar-refractivity contribution in [3.63, 3.8) is 0 Å². The number of rotatable bonds is 6. The lowest BCUT2D eigenvalue weighted by Crippen LogP contribution is -2.08. The Hall–Kier alpha value is -1.31. The van der Waals surface area contributed by atoms with Crippen molar-refractivity contribution >= 4 is 20.6 Å². The number of hydrogen-bond donors (Lipinski definition) is 0. The zero-order valence-corrected chi connectivity index (χ0v) is 9.59. The summed E-state index contributed by atoms with van der Waals surface area (Å²) in [6.45, 7) is -1.19. The van der Waals surface area contributed by atoms with E-state index in [-0.39, 0.29) is 0 Å². The van der Waals surface area contributed by atoms with E-state index in [0.29, 0.717) is 0 Å². The van der Waals surface area contributed by atoms with Gasteiger partial charge in [-0.2, -0.15) is 0 Å². The maximum absolute atomic E-state index is 10.9. The van der Waals surface area contributed by atoms with E-state index in [1.807, 2.05) is 0 Å². The van der Waals surface area contributed by atoms with Gasteiger partial charge in [0.15, 0.2) is 0 Å². The highest BCUT2D eigenvalue weighted by Gasteiger charge is 2.05. The first kappa shape index (κ1) is 14.7. The molecule has 0 N–H and O–H groups in total. The van der Waals surface area contributed by atoms with Gasteiger partial charge in [0, 0.05) is 0 Å². The number of carbonyl (C=O) groups is 2. The van der Waals surface area contributed by atoms with Gasteiger partial charge in [0.25, 0.3) is 0 Å². The van der Waals surface area contributed by atoms with Gasteiger partial charge in [0.2, 0.25) is 13.6 Å². The molecule has 0 saturated carbocycles. The summed E-state index contributed by atoms with van der Waals surface area (Å²) in [7, 11) is -0.706. The highest BCUT2D eigenvalue weighted by atomic mass is 31.1. The fourth-order valence-electron chi connectivity index (χ4n) is 0.411. The molecule has 16 heavy (non-hydrogen) atoms. The average molecular weight is 258 g/mol. The van der Waals surface area contributed by atoms with Gasteiger partial charge in [-0.25, -0.2) is 9.59 Å². The lowest BCUT2D eigenvalue weighted by molar-refractivity contribution is -0.00802. The second-order valence-electron chi connectivity index (χ2n) is 1.97. The molecular weight excluding hydrogens is 247 g/mol. The Kier molecular flexibility index (Phi) is 8.22. The molecule has 0 aliphatic rings. The van der Waals surface area contributed by atoms with Crippen LogP contribution in [0.2, 0.25) is 0 Å². The Morgan fingerprint density at radius 2 is 1.31 bits per heavy atom. The molecule has 94 valence electrons. The molecule has 0 fully saturated rings. The third-order valence-corrected chi connectivity index (χ3v) is 1.75. The van der Waals surface area contributed by atoms with Crippen LogP contribution in [0.4, 0.5) is 9.59 Å². The van der Waals surface area contributed by atoms with Crippen LogP contribution in [0.3, 0.4) is 0 Å². The maximum Gasteiger partial charge on any atom is 0.510 e. The van der Waals surface area contributed by atoms with Crippen LogP contribution in [0.1, 0.15) is 0 Å². The van der Waals surface area contributed by atoms with Crippen LogP contribution in [-0.4, -0.2) is 40.1 Å². The molecule has 0 unspecified atom stereocenters. The fourth-order valence-corrected chi connectivity index (χ4v) is 0.805. The van der Waals surface area contributed by atoms with E-state index in [1.165, 1.54) is 0 Å². The normalized spacial score (nSPS) is 9.69. The largest absolute Gasteiger partial charge is 0.510 e. The van der Waals surface area contributed by atoms with Crippen molar-refractivity contribution in [1.82, 2.24) is 0 Å². The summed E-state index contributed by atoms with van der Waals surface area (Å²) >= 11 is 0. The molecule has 0 atom stereocenters. The molecule has 0 heterocycles. The summed E-state index contributed by atoms with van der Waals surface area (Å²) in [4.78, 5) is 20.8. The van der Waals surface area contributed by atoms with Gasteiger partial charge >= 0.3 is 20.6 Å². The number of ether oxygens (including phenoxy) is 4. The Morgan fingerprint density at radius 3 is 1.62 bits per heavy atom. The number of methoxy groups -OCH3 is 2. The topological polar surface area (TPSA) is 107 Å². The highest BCUT2D eigenvalue weighted by molar-refractivity contribution is 7.33. The number of carbonyl (C=O) groups excluding carboxylic acids is 2. The molecule has 10 heteroatoms. The minimum absolute atomic E-state index is 0.595. The molecule has 0 aliphatic carbocycles. The monoisotopic (exact) mass is 258 g/mol. The van der Waals surface area contributed by atoms with Crippen molar-refractivity contribution in [1.29, 1.82) is 0 Å². The maximum atomic E-state index is 10.9. The first-order valence-electron chi connectivity index (χ1n) is 3.81. The van der Waals surface area contributed by atoms with Crippen LogP contribution in [-0.2, 0) is 32.6 Å². The zero-order chi connectivity index (χ0) is 12.4. The Balaban J connectivity index is 3.45. The summed E-state index contributed by atoms with van der Waals surface area (Å²) in [6.07, 6.45) is -1.97. The van der Waals surface area contributed by atoms with E-state index < -0.39 is 34.2 Å². The molecular formula is C6H11O9P. The van der Waals surface area contributed by atoms with E-state index >= 15 is 0 Å². The van der Waals surface area contributed by atoms with Gasteiger partial charge in [0.1, 0.15) is 0 Å². The van der Waals surface area contributed by atoms with Gasteiger partial charge in [-0.1, -0.05) is 0 Å². The molecule has 0 aromatic carbocycles. The quantitative estimate of drug-likeness (QED) is 0.389. The molecule has 0 aliphatic heterocycles. The smallest absolute Gasteiger partial charge is 0.438 e. The molecule has 0 spiro atoms. The van der Waals surface area contributed by atoms with Gasteiger partial charge in [-0.3, -0.25) is 13.6 Å². The van der Waals surface area contributed by atoms with E-state index in [0.717, 1.165) is 14.2 Å². The lowest BCUT2D eigenvalue weighted by Gasteiger charge is -2.05. The van der Waals surface area contributed by atoms with Crippen LogP contribution in [0.15, 0.2) is 0 Å².